The number of aromatic nitrogens is 3. The average Bonchev–Trinajstić information content (AvgIpc) is 3.23. The Labute approximate surface area is 177 Å². The predicted octanol–water partition coefficient (Wildman–Crippen LogP) is 3.54. The first-order chi connectivity index (χ1) is 14.7. The maximum absolute atomic E-state index is 13.1. The maximum Gasteiger partial charge on any atom is 0.416 e. The van der Waals surface area contributed by atoms with Gasteiger partial charge < -0.3 is 10.1 Å². The van der Waals surface area contributed by atoms with Gasteiger partial charge in [-0.2, -0.15) is 18.3 Å². The Bertz CT molecular complexity index is 1000. The Balaban J connectivity index is 1.61. The summed E-state index contributed by atoms with van der Waals surface area (Å²) in [6.45, 7) is 2.78. The van der Waals surface area contributed by atoms with Crippen molar-refractivity contribution in [1.29, 1.82) is 0 Å². The topological polar surface area (TPSA) is 72.3 Å². The number of nitrogens with zero attached hydrogens (tertiary/aromatic N) is 4. The highest BCUT2D eigenvalue weighted by Crippen LogP contribution is 2.33. The van der Waals surface area contributed by atoms with Crippen molar-refractivity contribution in [3.63, 3.8) is 0 Å². The molecule has 1 aromatic heterocycles. The number of alkyl halides is 3. The molecule has 2 aromatic carbocycles. The van der Waals surface area contributed by atoms with E-state index in [1.165, 1.54) is 23.4 Å². The van der Waals surface area contributed by atoms with Crippen molar-refractivity contribution in [1.82, 2.24) is 19.7 Å². The molecule has 31 heavy (non-hydrogen) atoms. The van der Waals surface area contributed by atoms with E-state index in [0.29, 0.717) is 13.2 Å². The molecule has 7 nitrogen and oxygen atoms in total. The SMILES string of the molecule is Cc1ccc(OCCN(C)CC(=O)Nc2cc(C(F)(F)F)ccc2-n2cncn2)cc1. The smallest absolute Gasteiger partial charge is 0.416 e. The second kappa shape index (κ2) is 9.61. The fourth-order valence-electron chi connectivity index (χ4n) is 2.81. The van der Waals surface area contributed by atoms with Crippen molar-refractivity contribution >= 4 is 11.6 Å². The van der Waals surface area contributed by atoms with Gasteiger partial charge in [-0.3, -0.25) is 9.69 Å². The summed E-state index contributed by atoms with van der Waals surface area (Å²) in [6, 6.07) is 10.7. The first kappa shape index (κ1) is 22.3. The predicted molar refractivity (Wildman–Crippen MR) is 109 cm³/mol. The molecule has 0 aliphatic carbocycles. The van der Waals surface area contributed by atoms with Crippen molar-refractivity contribution in [2.45, 2.75) is 13.1 Å². The summed E-state index contributed by atoms with van der Waals surface area (Å²) in [7, 11) is 1.72. The van der Waals surface area contributed by atoms with Crippen LogP contribution >= 0.6 is 0 Å². The van der Waals surface area contributed by atoms with Gasteiger partial charge in [-0.15, -0.1) is 0 Å². The van der Waals surface area contributed by atoms with Gasteiger partial charge in [0.15, 0.2) is 0 Å². The monoisotopic (exact) mass is 433 g/mol. The summed E-state index contributed by atoms with van der Waals surface area (Å²) in [5.74, 6) is 0.267. The molecule has 0 saturated heterocycles. The first-order valence-corrected chi connectivity index (χ1v) is 9.46. The molecule has 3 rings (SSSR count). The van der Waals surface area contributed by atoms with Gasteiger partial charge in [-0.1, -0.05) is 17.7 Å². The third kappa shape index (κ3) is 6.29. The number of hydrogen-bond donors (Lipinski definition) is 1. The number of benzene rings is 2. The molecule has 1 N–H and O–H groups in total. The summed E-state index contributed by atoms with van der Waals surface area (Å²) in [6.07, 6.45) is -1.94. The van der Waals surface area contributed by atoms with E-state index in [1.54, 1.807) is 11.9 Å². The van der Waals surface area contributed by atoms with Crippen LogP contribution in [0.1, 0.15) is 11.1 Å². The van der Waals surface area contributed by atoms with Gasteiger partial charge in [0, 0.05) is 6.54 Å². The van der Waals surface area contributed by atoms with Crippen molar-refractivity contribution < 1.29 is 22.7 Å². The molecule has 10 heteroatoms. The minimum absolute atomic E-state index is 0.00497. The Hall–Kier alpha value is -3.40. The highest BCUT2D eigenvalue weighted by molar-refractivity contribution is 5.94. The molecule has 3 aromatic rings. The molecule has 164 valence electrons. The van der Waals surface area contributed by atoms with Crippen LogP contribution in [0, 0.1) is 6.92 Å². The van der Waals surface area contributed by atoms with Crippen LogP contribution in [0.3, 0.4) is 0 Å². The number of likely N-dealkylation sites (N-methyl/N-ethyl adjacent to an activating group) is 1. The molecule has 0 atom stereocenters. The summed E-state index contributed by atoms with van der Waals surface area (Å²) in [5, 5.41) is 6.47. The van der Waals surface area contributed by atoms with Crippen LogP contribution in [0.15, 0.2) is 55.1 Å². The lowest BCUT2D eigenvalue weighted by Gasteiger charge is -2.18. The third-order valence-corrected chi connectivity index (χ3v) is 4.44. The Morgan fingerprint density at radius 3 is 2.58 bits per heavy atom. The van der Waals surface area contributed by atoms with Gasteiger partial charge >= 0.3 is 6.18 Å². The lowest BCUT2D eigenvalue weighted by molar-refractivity contribution is -0.137. The minimum Gasteiger partial charge on any atom is -0.492 e. The standard InChI is InChI=1S/C21H22F3N5O2/c1-15-3-6-17(7-4-15)31-10-9-28(2)12-20(30)27-18-11-16(21(22,23)24)5-8-19(18)29-14-25-13-26-29/h3-8,11,13-14H,9-10,12H2,1-2H3,(H,27,30). The molecule has 0 spiro atoms. The van der Waals surface area contributed by atoms with Crippen LogP contribution in [0.25, 0.3) is 5.69 Å². The second-order valence-corrected chi connectivity index (χ2v) is 7.02. The van der Waals surface area contributed by atoms with Gasteiger partial charge in [0.1, 0.15) is 25.0 Å². The molecule has 0 unspecified atom stereocenters. The molecule has 0 aliphatic heterocycles. The molecule has 0 bridgehead atoms. The molecule has 0 aliphatic rings. The molecule has 0 saturated carbocycles. The number of hydrogen-bond acceptors (Lipinski definition) is 5. The van der Waals surface area contributed by atoms with E-state index >= 15 is 0 Å². The molecule has 0 fully saturated rings. The van der Waals surface area contributed by atoms with Crippen LogP contribution in [0.4, 0.5) is 18.9 Å². The number of carbonyl (C=O) groups is 1. The summed E-state index contributed by atoms with van der Waals surface area (Å²) in [4.78, 5) is 18.0. The number of carbonyl (C=O) groups excluding carboxylic acids is 1. The largest absolute Gasteiger partial charge is 0.492 e. The average molecular weight is 433 g/mol. The molecule has 1 heterocycles. The lowest BCUT2D eigenvalue weighted by atomic mass is 10.1. The fourth-order valence-corrected chi connectivity index (χ4v) is 2.81. The van der Waals surface area contributed by atoms with Crippen molar-refractivity contribution in [2.75, 3.05) is 32.1 Å². The van der Waals surface area contributed by atoms with E-state index < -0.39 is 17.6 Å². The van der Waals surface area contributed by atoms with Crippen LogP contribution in [0.2, 0.25) is 0 Å². The fraction of sp³-hybridized carbons (Fsp3) is 0.286. The number of ether oxygens (including phenoxy) is 1. The number of halogens is 3. The molecule has 0 radical (unpaired) electrons. The van der Waals surface area contributed by atoms with Gasteiger partial charge in [0.05, 0.1) is 23.5 Å². The Morgan fingerprint density at radius 1 is 1.19 bits per heavy atom. The highest BCUT2D eigenvalue weighted by Gasteiger charge is 2.31. The Morgan fingerprint density at radius 2 is 1.94 bits per heavy atom. The first-order valence-electron chi connectivity index (χ1n) is 9.46. The lowest BCUT2D eigenvalue weighted by Crippen LogP contribution is -2.33. The molecule has 1 amide bonds. The van der Waals surface area contributed by atoms with Gasteiger partial charge in [0.2, 0.25) is 5.91 Å². The summed E-state index contributed by atoms with van der Waals surface area (Å²) < 4.78 is 46.3. The van der Waals surface area contributed by atoms with E-state index in [1.807, 2.05) is 31.2 Å². The van der Waals surface area contributed by atoms with Crippen molar-refractivity contribution in [3.05, 3.63) is 66.2 Å². The number of amides is 1. The van der Waals surface area contributed by atoms with E-state index in [9.17, 15) is 18.0 Å². The quantitative estimate of drug-likeness (QED) is 0.588. The van der Waals surface area contributed by atoms with E-state index in [0.717, 1.165) is 23.4 Å². The van der Waals surface area contributed by atoms with Crippen molar-refractivity contribution in [2.24, 2.45) is 0 Å². The van der Waals surface area contributed by atoms with Crippen LogP contribution < -0.4 is 10.1 Å². The summed E-state index contributed by atoms with van der Waals surface area (Å²) >= 11 is 0. The zero-order chi connectivity index (χ0) is 22.4. The number of aryl methyl sites for hydroxylation is 1. The van der Waals surface area contributed by atoms with Crippen molar-refractivity contribution in [3.8, 4) is 11.4 Å². The van der Waals surface area contributed by atoms with Crippen LogP contribution in [-0.4, -0.2) is 52.3 Å². The molecular weight excluding hydrogens is 411 g/mol. The second-order valence-electron chi connectivity index (χ2n) is 7.02. The number of nitrogens with one attached hydrogen (secondary N) is 1. The van der Waals surface area contributed by atoms with Gasteiger partial charge in [-0.25, -0.2) is 9.67 Å². The highest BCUT2D eigenvalue weighted by atomic mass is 19.4. The number of anilines is 1. The zero-order valence-electron chi connectivity index (χ0n) is 17.1. The Kier molecular flexibility index (Phi) is 6.91. The van der Waals surface area contributed by atoms with E-state index in [-0.39, 0.29) is 17.9 Å². The third-order valence-electron chi connectivity index (χ3n) is 4.44. The maximum atomic E-state index is 13.1. The number of rotatable bonds is 8. The van der Waals surface area contributed by atoms with Gasteiger partial charge in [-0.05, 0) is 44.3 Å². The van der Waals surface area contributed by atoms with E-state index in [4.69, 9.17) is 4.74 Å². The van der Waals surface area contributed by atoms with E-state index in [2.05, 4.69) is 15.4 Å². The van der Waals surface area contributed by atoms with Crippen LogP contribution in [-0.2, 0) is 11.0 Å². The minimum atomic E-state index is -4.54. The normalized spacial score (nSPS) is 11.5. The molecular formula is C21H22F3N5O2. The zero-order valence-corrected chi connectivity index (χ0v) is 17.1. The summed E-state index contributed by atoms with van der Waals surface area (Å²) in [5.41, 5.74) is 0.534. The van der Waals surface area contributed by atoms with Gasteiger partial charge in [0.25, 0.3) is 0 Å². The van der Waals surface area contributed by atoms with Crippen LogP contribution in [0.5, 0.6) is 5.75 Å².